The van der Waals surface area contributed by atoms with E-state index in [0.29, 0.717) is 23.6 Å². The van der Waals surface area contributed by atoms with Gasteiger partial charge < -0.3 is 11.1 Å². The number of aryl methyl sites for hydroxylation is 1. The zero-order valence-electron chi connectivity index (χ0n) is 9.27. The Hall–Kier alpha value is -2.44. The zero-order valence-corrected chi connectivity index (χ0v) is 9.27. The summed E-state index contributed by atoms with van der Waals surface area (Å²) < 4.78 is 0. The van der Waals surface area contributed by atoms with E-state index in [-0.39, 0.29) is 5.69 Å². The second-order valence-corrected chi connectivity index (χ2v) is 3.38. The van der Waals surface area contributed by atoms with E-state index in [2.05, 4.69) is 25.5 Å². The molecule has 2 aromatic rings. The third-order valence-electron chi connectivity index (χ3n) is 2.17. The fraction of sp³-hybridized carbons (Fsp3) is 0.200. The van der Waals surface area contributed by atoms with Gasteiger partial charge >= 0.3 is 0 Å². The first-order valence-corrected chi connectivity index (χ1v) is 5.12. The lowest BCUT2D eigenvalue weighted by molar-refractivity contribution is 0.0996. The molecule has 2 rings (SSSR count). The number of hydrogen-bond acceptors (Lipinski definition) is 5. The minimum Gasteiger partial charge on any atom is -0.364 e. The molecule has 0 aliphatic heterocycles. The van der Waals surface area contributed by atoms with Crippen LogP contribution in [0.3, 0.4) is 0 Å². The molecule has 0 aromatic carbocycles. The molecule has 0 fully saturated rings. The molecule has 7 heteroatoms. The molecular formula is C10H12N6O. The lowest BCUT2D eigenvalue weighted by Gasteiger charge is -2.07. The number of aromatic amines is 1. The first-order valence-electron chi connectivity index (χ1n) is 5.12. The van der Waals surface area contributed by atoms with Crippen LogP contribution >= 0.6 is 0 Å². The Bertz CT molecular complexity index is 522. The lowest BCUT2D eigenvalue weighted by atomic mass is 10.3. The van der Waals surface area contributed by atoms with Gasteiger partial charge in [0.25, 0.3) is 5.91 Å². The quantitative estimate of drug-likeness (QED) is 0.715. The van der Waals surface area contributed by atoms with Crippen LogP contribution in [0.2, 0.25) is 0 Å². The molecule has 0 saturated heterocycles. The number of carbonyl (C=O) groups excluding carboxylic acids is 1. The van der Waals surface area contributed by atoms with Crippen molar-refractivity contribution in [2.75, 3.05) is 5.32 Å². The number of rotatable bonds is 4. The van der Waals surface area contributed by atoms with Crippen molar-refractivity contribution < 1.29 is 4.79 Å². The molecule has 0 aliphatic carbocycles. The van der Waals surface area contributed by atoms with Gasteiger partial charge in [-0.3, -0.25) is 9.89 Å². The number of primary amides is 1. The normalized spacial score (nSPS) is 10.2. The van der Waals surface area contributed by atoms with E-state index in [9.17, 15) is 4.79 Å². The summed E-state index contributed by atoms with van der Waals surface area (Å²) in [6.45, 7) is 1.91. The van der Waals surface area contributed by atoms with Crippen molar-refractivity contribution in [3.05, 3.63) is 30.1 Å². The van der Waals surface area contributed by atoms with Crippen LogP contribution in [0, 0.1) is 0 Å². The maximum atomic E-state index is 11.3. The van der Waals surface area contributed by atoms with Gasteiger partial charge in [0, 0.05) is 12.6 Å². The number of anilines is 2. The fourth-order valence-corrected chi connectivity index (χ4v) is 1.34. The number of hydrogen-bond donors (Lipinski definition) is 3. The summed E-state index contributed by atoms with van der Waals surface area (Å²) >= 11 is 0. The maximum absolute atomic E-state index is 11.3. The number of nitrogens with one attached hydrogen (secondary N) is 2. The van der Waals surface area contributed by atoms with Crippen LogP contribution in [0.15, 0.2) is 18.6 Å². The molecule has 4 N–H and O–H groups in total. The Morgan fingerprint density at radius 2 is 2.35 bits per heavy atom. The molecule has 2 aromatic heterocycles. The van der Waals surface area contributed by atoms with E-state index < -0.39 is 5.91 Å². The molecule has 1 amide bonds. The average Bonchev–Trinajstić information content (AvgIpc) is 2.82. The molecule has 0 unspecified atom stereocenters. The largest absolute Gasteiger partial charge is 0.364 e. The summed E-state index contributed by atoms with van der Waals surface area (Å²) in [6.07, 6.45) is 5.42. The van der Waals surface area contributed by atoms with Gasteiger partial charge in [0.1, 0.15) is 5.82 Å². The monoisotopic (exact) mass is 232 g/mol. The SMILES string of the molecule is CCc1ncc(Nc2cn[nH]c2)c(C(N)=O)n1. The van der Waals surface area contributed by atoms with Crippen LogP contribution in [0.25, 0.3) is 0 Å². The van der Waals surface area contributed by atoms with Crippen molar-refractivity contribution >= 4 is 17.3 Å². The highest BCUT2D eigenvalue weighted by molar-refractivity contribution is 5.96. The van der Waals surface area contributed by atoms with Gasteiger partial charge in [-0.1, -0.05) is 6.92 Å². The molecule has 7 nitrogen and oxygen atoms in total. The van der Waals surface area contributed by atoms with Crippen molar-refractivity contribution in [3.63, 3.8) is 0 Å². The van der Waals surface area contributed by atoms with Gasteiger partial charge in [0.15, 0.2) is 5.69 Å². The number of nitrogens with zero attached hydrogens (tertiary/aromatic N) is 3. The highest BCUT2D eigenvalue weighted by Gasteiger charge is 2.12. The summed E-state index contributed by atoms with van der Waals surface area (Å²) in [6, 6.07) is 0. The molecule has 0 radical (unpaired) electrons. The molecular weight excluding hydrogens is 220 g/mol. The maximum Gasteiger partial charge on any atom is 0.269 e. The molecule has 2 heterocycles. The van der Waals surface area contributed by atoms with Crippen LogP contribution in [0.4, 0.5) is 11.4 Å². The minimum atomic E-state index is -0.590. The molecule has 17 heavy (non-hydrogen) atoms. The van der Waals surface area contributed by atoms with Crippen molar-refractivity contribution in [2.45, 2.75) is 13.3 Å². The van der Waals surface area contributed by atoms with Crippen molar-refractivity contribution in [3.8, 4) is 0 Å². The van der Waals surface area contributed by atoms with Crippen molar-refractivity contribution in [1.29, 1.82) is 0 Å². The summed E-state index contributed by atoms with van der Waals surface area (Å²) in [4.78, 5) is 19.5. The number of carbonyl (C=O) groups is 1. The Kier molecular flexibility index (Phi) is 2.99. The second kappa shape index (κ2) is 4.60. The molecule has 0 saturated carbocycles. The standard InChI is InChI=1S/C10H12N6O/c1-2-8-12-5-7(9(16-8)10(11)17)15-6-3-13-14-4-6/h3-5,15H,2H2,1H3,(H2,11,17)(H,13,14). The zero-order chi connectivity index (χ0) is 12.3. The van der Waals surface area contributed by atoms with E-state index >= 15 is 0 Å². The van der Waals surface area contributed by atoms with Crippen LogP contribution < -0.4 is 11.1 Å². The van der Waals surface area contributed by atoms with Gasteiger partial charge in [-0.2, -0.15) is 5.10 Å². The lowest BCUT2D eigenvalue weighted by Crippen LogP contribution is -2.17. The predicted octanol–water partition coefficient (Wildman–Crippen LogP) is 0.605. The van der Waals surface area contributed by atoms with Gasteiger partial charge in [0.2, 0.25) is 0 Å². The van der Waals surface area contributed by atoms with E-state index in [1.165, 1.54) is 0 Å². The third-order valence-corrected chi connectivity index (χ3v) is 2.17. The summed E-state index contributed by atoms with van der Waals surface area (Å²) in [5.41, 5.74) is 6.63. The Morgan fingerprint density at radius 1 is 1.53 bits per heavy atom. The van der Waals surface area contributed by atoms with Crippen LogP contribution in [0.1, 0.15) is 23.2 Å². The van der Waals surface area contributed by atoms with Gasteiger partial charge in [-0.15, -0.1) is 0 Å². The Morgan fingerprint density at radius 3 is 2.94 bits per heavy atom. The number of amides is 1. The number of aromatic nitrogens is 4. The number of H-pyrrole nitrogens is 1. The topological polar surface area (TPSA) is 110 Å². The molecule has 0 spiro atoms. The summed E-state index contributed by atoms with van der Waals surface area (Å²) in [5, 5.41) is 9.40. The first-order chi connectivity index (χ1) is 8.20. The smallest absolute Gasteiger partial charge is 0.269 e. The summed E-state index contributed by atoms with van der Waals surface area (Å²) in [7, 11) is 0. The highest BCUT2D eigenvalue weighted by atomic mass is 16.1. The highest BCUT2D eigenvalue weighted by Crippen LogP contribution is 2.17. The van der Waals surface area contributed by atoms with Gasteiger partial charge in [-0.25, -0.2) is 9.97 Å². The fourth-order valence-electron chi connectivity index (χ4n) is 1.34. The molecule has 0 atom stereocenters. The first kappa shape index (κ1) is 11.1. The minimum absolute atomic E-state index is 0.179. The number of nitrogens with two attached hydrogens (primary N) is 1. The van der Waals surface area contributed by atoms with Crippen LogP contribution in [-0.4, -0.2) is 26.1 Å². The summed E-state index contributed by atoms with van der Waals surface area (Å²) in [5.74, 6) is -0.00959. The second-order valence-electron chi connectivity index (χ2n) is 3.38. The van der Waals surface area contributed by atoms with E-state index in [0.717, 1.165) is 0 Å². The molecule has 88 valence electrons. The molecule has 0 aliphatic rings. The third kappa shape index (κ3) is 2.39. The predicted molar refractivity (Wildman–Crippen MR) is 61.8 cm³/mol. The van der Waals surface area contributed by atoms with Gasteiger partial charge in [0.05, 0.1) is 23.8 Å². The van der Waals surface area contributed by atoms with E-state index in [1.807, 2.05) is 6.92 Å². The van der Waals surface area contributed by atoms with Gasteiger partial charge in [-0.05, 0) is 0 Å². The van der Waals surface area contributed by atoms with E-state index in [4.69, 9.17) is 5.73 Å². The van der Waals surface area contributed by atoms with E-state index in [1.54, 1.807) is 18.6 Å². The molecule has 0 bridgehead atoms. The van der Waals surface area contributed by atoms with Crippen molar-refractivity contribution in [2.24, 2.45) is 5.73 Å². The van der Waals surface area contributed by atoms with Crippen LogP contribution in [-0.2, 0) is 6.42 Å². The van der Waals surface area contributed by atoms with Crippen molar-refractivity contribution in [1.82, 2.24) is 20.2 Å². The Balaban J connectivity index is 2.36. The Labute approximate surface area is 97.5 Å². The van der Waals surface area contributed by atoms with Crippen LogP contribution in [0.5, 0.6) is 0 Å². The average molecular weight is 232 g/mol.